The van der Waals surface area contributed by atoms with Crippen LogP contribution in [0.1, 0.15) is 32.6 Å². The zero-order chi connectivity index (χ0) is 13.8. The van der Waals surface area contributed by atoms with Crippen molar-refractivity contribution in [2.24, 2.45) is 11.8 Å². The van der Waals surface area contributed by atoms with Gasteiger partial charge < -0.3 is 4.90 Å². The fraction of sp³-hybridized carbons (Fsp3) is 0.923. The van der Waals surface area contributed by atoms with Gasteiger partial charge in [0, 0.05) is 31.7 Å². The van der Waals surface area contributed by atoms with Crippen LogP contribution in [-0.2, 0) is 14.6 Å². The highest BCUT2D eigenvalue weighted by Gasteiger charge is 2.28. The summed E-state index contributed by atoms with van der Waals surface area (Å²) >= 11 is 0. The van der Waals surface area contributed by atoms with Gasteiger partial charge in [0.2, 0.25) is 0 Å². The topological polar surface area (TPSA) is 54.5 Å². The Hall–Kier alpha value is -0.420. The zero-order valence-electron chi connectivity index (χ0n) is 11.7. The van der Waals surface area contributed by atoms with Gasteiger partial charge in [-0.1, -0.05) is 13.3 Å². The van der Waals surface area contributed by atoms with Crippen molar-refractivity contribution in [3.05, 3.63) is 0 Å². The number of sulfone groups is 1. The van der Waals surface area contributed by atoms with Crippen molar-refractivity contribution in [2.75, 3.05) is 32.1 Å². The Morgan fingerprint density at radius 3 is 2.61 bits per heavy atom. The van der Waals surface area contributed by atoms with Crippen molar-refractivity contribution in [1.82, 2.24) is 4.90 Å². The third-order valence-electron chi connectivity index (χ3n) is 3.83. The van der Waals surface area contributed by atoms with Gasteiger partial charge in [0.25, 0.3) is 0 Å². The molecule has 0 aromatic carbocycles. The molecule has 0 aromatic rings. The molecule has 1 aliphatic carbocycles. The van der Waals surface area contributed by atoms with E-state index >= 15 is 0 Å². The number of carbonyl (C=O) groups is 1. The molecule has 2 unspecified atom stereocenters. The summed E-state index contributed by atoms with van der Waals surface area (Å²) in [6.07, 6.45) is 5.08. The van der Waals surface area contributed by atoms with Crippen molar-refractivity contribution in [3.63, 3.8) is 0 Å². The predicted molar refractivity (Wildman–Crippen MR) is 73.3 cm³/mol. The summed E-state index contributed by atoms with van der Waals surface area (Å²) in [6.45, 7) is 3.38. The Morgan fingerprint density at radius 2 is 2.06 bits per heavy atom. The van der Waals surface area contributed by atoms with Gasteiger partial charge in [-0.3, -0.25) is 4.79 Å². The zero-order valence-corrected chi connectivity index (χ0v) is 12.5. The molecule has 0 saturated heterocycles. The van der Waals surface area contributed by atoms with Crippen LogP contribution in [0.25, 0.3) is 0 Å². The maximum Gasteiger partial charge on any atom is 0.148 e. The van der Waals surface area contributed by atoms with Gasteiger partial charge >= 0.3 is 0 Å². The number of nitrogens with zero attached hydrogens (tertiary/aromatic N) is 1. The lowest BCUT2D eigenvalue weighted by Gasteiger charge is -2.30. The van der Waals surface area contributed by atoms with Crippen molar-refractivity contribution in [2.45, 2.75) is 32.6 Å². The maximum absolute atomic E-state index is 11.8. The molecule has 0 amide bonds. The van der Waals surface area contributed by atoms with Crippen LogP contribution >= 0.6 is 0 Å². The molecule has 2 atom stereocenters. The fourth-order valence-corrected chi connectivity index (χ4v) is 3.18. The van der Waals surface area contributed by atoms with E-state index in [1.165, 1.54) is 6.26 Å². The van der Waals surface area contributed by atoms with Crippen LogP contribution < -0.4 is 0 Å². The first-order valence-electron chi connectivity index (χ1n) is 6.70. The van der Waals surface area contributed by atoms with E-state index in [0.717, 1.165) is 19.3 Å². The van der Waals surface area contributed by atoms with Crippen LogP contribution in [0.3, 0.4) is 0 Å². The normalized spacial score (nSPS) is 25.7. The first-order valence-corrected chi connectivity index (χ1v) is 8.77. The third-order valence-corrected chi connectivity index (χ3v) is 4.75. The molecule has 0 heterocycles. The highest BCUT2D eigenvalue weighted by Crippen LogP contribution is 2.28. The Labute approximate surface area is 111 Å². The summed E-state index contributed by atoms with van der Waals surface area (Å²) < 4.78 is 22.2. The molecule has 1 rings (SSSR count). The number of ketones is 1. The summed E-state index contributed by atoms with van der Waals surface area (Å²) in [7, 11) is -1.02. The van der Waals surface area contributed by atoms with E-state index in [2.05, 4.69) is 6.92 Å². The summed E-state index contributed by atoms with van der Waals surface area (Å²) in [6, 6.07) is 0. The average molecular weight is 275 g/mol. The highest BCUT2D eigenvalue weighted by molar-refractivity contribution is 7.90. The summed E-state index contributed by atoms with van der Waals surface area (Å²) in [5, 5.41) is 0. The molecule has 4 nitrogen and oxygen atoms in total. The van der Waals surface area contributed by atoms with Gasteiger partial charge in [0.1, 0.15) is 15.6 Å². The Bertz CT molecular complexity index is 378. The number of Topliss-reactive ketones (excluding diaryl/α,β-unsaturated/α-hetero) is 1. The maximum atomic E-state index is 11.8. The third kappa shape index (κ3) is 5.48. The SMILES string of the molecule is CCC1CCC(=O)C(CN(C)CCS(C)(=O)=O)C1. The Morgan fingerprint density at radius 1 is 1.39 bits per heavy atom. The van der Waals surface area contributed by atoms with Gasteiger partial charge in [-0.15, -0.1) is 0 Å². The van der Waals surface area contributed by atoms with Gasteiger partial charge in [-0.2, -0.15) is 0 Å². The molecule has 0 N–H and O–H groups in total. The van der Waals surface area contributed by atoms with E-state index in [1.807, 2.05) is 11.9 Å². The van der Waals surface area contributed by atoms with Crippen molar-refractivity contribution in [1.29, 1.82) is 0 Å². The molecule has 18 heavy (non-hydrogen) atoms. The molecule has 0 radical (unpaired) electrons. The fourth-order valence-electron chi connectivity index (χ4n) is 2.54. The Balaban J connectivity index is 2.42. The van der Waals surface area contributed by atoms with Crippen LogP contribution in [0.15, 0.2) is 0 Å². The average Bonchev–Trinajstić information content (AvgIpc) is 2.28. The summed E-state index contributed by atoms with van der Waals surface area (Å²) in [5.41, 5.74) is 0. The predicted octanol–water partition coefficient (Wildman–Crippen LogP) is 1.36. The molecule has 0 aromatic heterocycles. The van der Waals surface area contributed by atoms with Gasteiger partial charge in [-0.05, 0) is 25.8 Å². The molecule has 5 heteroatoms. The molecule has 106 valence electrons. The lowest BCUT2D eigenvalue weighted by atomic mass is 9.79. The van der Waals surface area contributed by atoms with E-state index in [-0.39, 0.29) is 11.7 Å². The highest BCUT2D eigenvalue weighted by atomic mass is 32.2. The van der Waals surface area contributed by atoms with Crippen LogP contribution in [0, 0.1) is 11.8 Å². The van der Waals surface area contributed by atoms with Crippen molar-refractivity contribution in [3.8, 4) is 0 Å². The van der Waals surface area contributed by atoms with Gasteiger partial charge in [0.15, 0.2) is 0 Å². The van der Waals surface area contributed by atoms with E-state index in [9.17, 15) is 13.2 Å². The summed E-state index contributed by atoms with van der Waals surface area (Å²) in [4.78, 5) is 13.8. The molecular formula is C13H25NO3S. The van der Waals surface area contributed by atoms with Gasteiger partial charge in [0.05, 0.1) is 5.75 Å². The van der Waals surface area contributed by atoms with E-state index in [0.29, 0.717) is 31.2 Å². The minimum atomic E-state index is -2.92. The number of hydrogen-bond donors (Lipinski definition) is 0. The van der Waals surface area contributed by atoms with E-state index < -0.39 is 9.84 Å². The van der Waals surface area contributed by atoms with Crippen LogP contribution in [0.2, 0.25) is 0 Å². The largest absolute Gasteiger partial charge is 0.305 e. The number of carbonyl (C=O) groups excluding carboxylic acids is 1. The molecule has 0 aliphatic heterocycles. The quantitative estimate of drug-likeness (QED) is 0.734. The minimum Gasteiger partial charge on any atom is -0.305 e. The standard InChI is InChI=1S/C13H25NO3S/c1-4-11-5-6-13(15)12(9-11)10-14(2)7-8-18(3,16)17/h11-12H,4-10H2,1-3H3. The van der Waals surface area contributed by atoms with E-state index in [4.69, 9.17) is 0 Å². The second-order valence-corrected chi connectivity index (χ2v) is 7.86. The molecule has 1 fully saturated rings. The molecule has 1 saturated carbocycles. The van der Waals surface area contributed by atoms with Crippen LogP contribution in [0.5, 0.6) is 0 Å². The van der Waals surface area contributed by atoms with Crippen LogP contribution in [0.4, 0.5) is 0 Å². The van der Waals surface area contributed by atoms with E-state index in [1.54, 1.807) is 0 Å². The van der Waals surface area contributed by atoms with Gasteiger partial charge in [-0.25, -0.2) is 8.42 Å². The lowest BCUT2D eigenvalue weighted by molar-refractivity contribution is -0.126. The summed E-state index contributed by atoms with van der Waals surface area (Å²) in [5.74, 6) is 1.29. The second-order valence-electron chi connectivity index (χ2n) is 5.60. The van der Waals surface area contributed by atoms with Crippen molar-refractivity contribution >= 4 is 15.6 Å². The van der Waals surface area contributed by atoms with Crippen LogP contribution in [-0.4, -0.2) is 51.2 Å². The Kier molecular flexibility index (Phi) is 5.79. The molecule has 0 spiro atoms. The lowest BCUT2D eigenvalue weighted by Crippen LogP contribution is -2.36. The smallest absolute Gasteiger partial charge is 0.148 e. The monoisotopic (exact) mass is 275 g/mol. The second kappa shape index (κ2) is 6.66. The first kappa shape index (κ1) is 15.6. The minimum absolute atomic E-state index is 0.105. The molecular weight excluding hydrogens is 250 g/mol. The molecule has 1 aliphatic rings. The number of hydrogen-bond acceptors (Lipinski definition) is 4. The molecule has 0 bridgehead atoms. The number of rotatable bonds is 6. The first-order chi connectivity index (χ1) is 8.31. The van der Waals surface area contributed by atoms with Crippen molar-refractivity contribution < 1.29 is 13.2 Å².